The minimum atomic E-state index is -3.28. The third-order valence-corrected chi connectivity index (χ3v) is 9.17. The topological polar surface area (TPSA) is 95.6 Å². The molecule has 3 fully saturated rings. The molecule has 2 aliphatic carbocycles. The number of nitrogen functional groups attached to an aromatic ring is 1. The number of fused-ring (bicyclic) bond motifs is 1. The summed E-state index contributed by atoms with van der Waals surface area (Å²) in [5.41, 5.74) is 11.1. The number of anilines is 2. The van der Waals surface area contributed by atoms with E-state index in [4.69, 9.17) is 15.2 Å². The first-order valence-corrected chi connectivity index (χ1v) is 13.8. The van der Waals surface area contributed by atoms with Crippen LogP contribution in [0.4, 0.5) is 11.4 Å². The molecule has 3 N–H and O–H groups in total. The lowest BCUT2D eigenvalue weighted by Gasteiger charge is -2.30. The van der Waals surface area contributed by atoms with Crippen molar-refractivity contribution in [2.75, 3.05) is 23.7 Å². The fraction of sp³-hybridized carbons (Fsp3) is 0.462. The zero-order valence-electron chi connectivity index (χ0n) is 19.2. The van der Waals surface area contributed by atoms with E-state index in [0.717, 1.165) is 78.7 Å². The molecule has 2 aromatic carbocycles. The van der Waals surface area contributed by atoms with Crippen molar-refractivity contribution in [3.05, 3.63) is 42.5 Å². The van der Waals surface area contributed by atoms with Crippen LogP contribution in [0.5, 0.6) is 5.75 Å². The summed E-state index contributed by atoms with van der Waals surface area (Å²) in [7, 11) is -3.28. The van der Waals surface area contributed by atoms with Crippen LogP contribution in [0.25, 0.3) is 22.2 Å². The van der Waals surface area contributed by atoms with Crippen LogP contribution in [0.15, 0.2) is 42.5 Å². The van der Waals surface area contributed by atoms with Crippen molar-refractivity contribution in [3.8, 4) is 17.0 Å². The Kier molecular flexibility index (Phi) is 5.45. The molecule has 0 bridgehead atoms. The summed E-state index contributed by atoms with van der Waals surface area (Å²) < 4.78 is 41.4. The van der Waals surface area contributed by atoms with Gasteiger partial charge in [-0.05, 0) is 69.2 Å². The molecule has 34 heavy (non-hydrogen) atoms. The first-order chi connectivity index (χ1) is 16.5. The number of hydrogen-bond acceptors (Lipinski definition) is 5. The molecule has 180 valence electrons. The quantitative estimate of drug-likeness (QED) is 0.468. The molecule has 1 saturated heterocycles. The van der Waals surface area contributed by atoms with Crippen molar-refractivity contribution in [1.29, 1.82) is 0 Å². The van der Waals surface area contributed by atoms with E-state index in [1.807, 2.05) is 36.4 Å². The number of benzene rings is 2. The second-order valence-electron chi connectivity index (χ2n) is 9.77. The van der Waals surface area contributed by atoms with Gasteiger partial charge in [0.05, 0.1) is 28.3 Å². The van der Waals surface area contributed by atoms with E-state index in [1.54, 1.807) is 0 Å². The van der Waals surface area contributed by atoms with Crippen LogP contribution in [-0.4, -0.2) is 37.6 Å². The Hall–Kier alpha value is -2.71. The molecule has 7 nitrogen and oxygen atoms in total. The van der Waals surface area contributed by atoms with E-state index in [1.165, 1.54) is 6.42 Å². The smallest absolute Gasteiger partial charge is 0.235 e. The number of ether oxygens (including phenoxy) is 2. The van der Waals surface area contributed by atoms with Crippen LogP contribution in [0.1, 0.15) is 51.0 Å². The summed E-state index contributed by atoms with van der Waals surface area (Å²) in [6, 6.07) is 14.1. The number of sulfonamides is 1. The van der Waals surface area contributed by atoms with Crippen molar-refractivity contribution in [2.45, 2.75) is 62.3 Å². The molecule has 2 heterocycles. The van der Waals surface area contributed by atoms with Gasteiger partial charge in [-0.3, -0.25) is 4.72 Å². The Labute approximate surface area is 200 Å². The van der Waals surface area contributed by atoms with Crippen molar-refractivity contribution < 1.29 is 17.9 Å². The maximum absolute atomic E-state index is 12.3. The lowest BCUT2D eigenvalue weighted by atomic mass is 9.92. The average molecular weight is 482 g/mol. The summed E-state index contributed by atoms with van der Waals surface area (Å²) in [6.45, 7) is 1.38. The number of nitrogens with two attached hydrogens (primary N) is 1. The van der Waals surface area contributed by atoms with E-state index < -0.39 is 10.0 Å². The first kappa shape index (κ1) is 21.8. The van der Waals surface area contributed by atoms with E-state index in [2.05, 4.69) is 15.4 Å². The van der Waals surface area contributed by atoms with Crippen LogP contribution < -0.4 is 15.2 Å². The number of rotatable bonds is 8. The third kappa shape index (κ3) is 4.03. The number of hydrogen-bond donors (Lipinski definition) is 2. The number of nitrogens with zero attached hydrogens (tertiary/aromatic N) is 1. The summed E-state index contributed by atoms with van der Waals surface area (Å²) in [5.74, 6) is 0.831. The minimum absolute atomic E-state index is 0.172. The fourth-order valence-electron chi connectivity index (χ4n) is 5.01. The predicted octanol–water partition coefficient (Wildman–Crippen LogP) is 5.08. The van der Waals surface area contributed by atoms with E-state index in [0.29, 0.717) is 18.3 Å². The van der Waals surface area contributed by atoms with Gasteiger partial charge in [-0.15, -0.1) is 0 Å². The summed E-state index contributed by atoms with van der Waals surface area (Å²) in [6.07, 6.45) is 7.25. The molecule has 2 saturated carbocycles. The molecule has 3 aromatic rings. The van der Waals surface area contributed by atoms with Gasteiger partial charge in [0.25, 0.3) is 0 Å². The van der Waals surface area contributed by atoms with Gasteiger partial charge in [0.15, 0.2) is 0 Å². The monoisotopic (exact) mass is 481 g/mol. The van der Waals surface area contributed by atoms with E-state index >= 15 is 0 Å². The van der Waals surface area contributed by atoms with Crippen LogP contribution in [0, 0.1) is 0 Å². The van der Waals surface area contributed by atoms with Gasteiger partial charge in [-0.1, -0.05) is 12.1 Å². The molecule has 0 radical (unpaired) electrons. The van der Waals surface area contributed by atoms with Crippen molar-refractivity contribution in [2.24, 2.45) is 0 Å². The van der Waals surface area contributed by atoms with Crippen LogP contribution in [0.3, 0.4) is 0 Å². The molecule has 0 spiro atoms. The molecular weight excluding hydrogens is 450 g/mol. The zero-order valence-corrected chi connectivity index (χ0v) is 20.0. The number of nitrogens with one attached hydrogen (secondary N) is 1. The maximum Gasteiger partial charge on any atom is 0.235 e. The van der Waals surface area contributed by atoms with Gasteiger partial charge in [-0.2, -0.15) is 0 Å². The first-order valence-electron chi connectivity index (χ1n) is 12.3. The standard InChI is InChI=1S/C26H31N3O4S/c27-25-23-13-10-20(33-16-21-5-2-14-32-21)15-24(23)29(19-3-1-4-19)26(25)17-6-8-18(9-7-17)28-34(30,31)22-11-12-22/h6-10,13,15,19,21-22,28H,1-5,11-12,14,16,27H2. The fourth-order valence-corrected chi connectivity index (χ4v) is 6.40. The van der Waals surface area contributed by atoms with Gasteiger partial charge in [0.1, 0.15) is 12.4 Å². The molecule has 8 heteroatoms. The Morgan fingerprint density at radius 2 is 1.82 bits per heavy atom. The molecule has 1 unspecified atom stereocenters. The summed E-state index contributed by atoms with van der Waals surface area (Å²) in [5, 5.41) is 0.769. The SMILES string of the molecule is Nc1c(-c2ccc(NS(=O)(=O)C3CC3)cc2)n(C2CCC2)c2cc(OCC3CCCO3)ccc12. The van der Waals surface area contributed by atoms with Crippen molar-refractivity contribution in [1.82, 2.24) is 4.57 Å². The second kappa shape index (κ2) is 8.50. The average Bonchev–Trinajstić information content (AvgIpc) is 3.47. The van der Waals surface area contributed by atoms with E-state index in [-0.39, 0.29) is 11.4 Å². The highest BCUT2D eigenvalue weighted by Crippen LogP contribution is 2.45. The highest BCUT2D eigenvalue weighted by atomic mass is 32.2. The second-order valence-corrected chi connectivity index (χ2v) is 11.7. The van der Waals surface area contributed by atoms with Crippen LogP contribution in [-0.2, 0) is 14.8 Å². The van der Waals surface area contributed by atoms with Crippen molar-refractivity contribution >= 4 is 32.3 Å². The van der Waals surface area contributed by atoms with Crippen LogP contribution in [0.2, 0.25) is 0 Å². The van der Waals surface area contributed by atoms with Gasteiger partial charge in [0, 0.05) is 35.4 Å². The normalized spacial score (nSPS) is 21.0. The van der Waals surface area contributed by atoms with Crippen molar-refractivity contribution in [3.63, 3.8) is 0 Å². The Bertz CT molecular complexity index is 1300. The van der Waals surface area contributed by atoms with Gasteiger partial charge >= 0.3 is 0 Å². The largest absolute Gasteiger partial charge is 0.491 e. The Morgan fingerprint density at radius 1 is 1.03 bits per heavy atom. The summed E-state index contributed by atoms with van der Waals surface area (Å²) in [4.78, 5) is 0. The van der Waals surface area contributed by atoms with Gasteiger partial charge < -0.3 is 19.8 Å². The Balaban J connectivity index is 1.33. The Morgan fingerprint density at radius 3 is 2.47 bits per heavy atom. The predicted molar refractivity (Wildman–Crippen MR) is 135 cm³/mol. The van der Waals surface area contributed by atoms with Gasteiger partial charge in [0.2, 0.25) is 10.0 Å². The lowest BCUT2D eigenvalue weighted by molar-refractivity contribution is 0.0680. The highest BCUT2D eigenvalue weighted by molar-refractivity contribution is 7.93. The van der Waals surface area contributed by atoms with Gasteiger partial charge in [-0.25, -0.2) is 8.42 Å². The molecule has 1 atom stereocenters. The molecule has 1 aliphatic heterocycles. The maximum atomic E-state index is 12.3. The highest BCUT2D eigenvalue weighted by Gasteiger charge is 2.35. The molecule has 0 amide bonds. The molecule has 6 rings (SSSR count). The molecule has 3 aliphatic rings. The molecule has 1 aromatic heterocycles. The number of aromatic nitrogens is 1. The lowest BCUT2D eigenvalue weighted by Crippen LogP contribution is -2.18. The van der Waals surface area contributed by atoms with E-state index in [9.17, 15) is 8.42 Å². The van der Waals surface area contributed by atoms with Crippen LogP contribution >= 0.6 is 0 Å². The molecular formula is C26H31N3O4S. The summed E-state index contributed by atoms with van der Waals surface area (Å²) >= 11 is 0. The minimum Gasteiger partial charge on any atom is -0.491 e. The zero-order chi connectivity index (χ0) is 23.3. The third-order valence-electron chi connectivity index (χ3n) is 7.30.